The zero-order valence-electron chi connectivity index (χ0n) is 15.8. The number of rotatable bonds is 9. The minimum absolute atomic E-state index is 0.0600. The number of nitrogens with one attached hydrogen (secondary N) is 1. The van der Waals surface area contributed by atoms with Gasteiger partial charge in [0, 0.05) is 12.6 Å². The van der Waals surface area contributed by atoms with Crippen LogP contribution in [0.2, 0.25) is 0 Å². The van der Waals surface area contributed by atoms with Gasteiger partial charge in [0.2, 0.25) is 0 Å². The standard InChI is InChI=1S/C21H22N2O5/c1-3-21(20(25)26,16-7-5-4-6-8-16)14-23-19(24)13-28-17-10-9-15(12-22)11-18(17)27-2/h4-11H,3,13-14H2,1-2H3,(H,23,24)(H,25,26). The van der Waals surface area contributed by atoms with E-state index >= 15 is 0 Å². The molecule has 0 spiro atoms. The summed E-state index contributed by atoms with van der Waals surface area (Å²) in [6.45, 7) is 1.40. The number of aliphatic carboxylic acids is 1. The topological polar surface area (TPSA) is 109 Å². The van der Waals surface area contributed by atoms with Crippen molar-refractivity contribution in [3.8, 4) is 17.6 Å². The second-order valence-corrected chi connectivity index (χ2v) is 6.15. The molecule has 7 heteroatoms. The van der Waals surface area contributed by atoms with Crippen molar-refractivity contribution in [1.82, 2.24) is 5.32 Å². The third-order valence-electron chi connectivity index (χ3n) is 4.58. The molecule has 0 saturated carbocycles. The van der Waals surface area contributed by atoms with Crippen LogP contribution in [0.3, 0.4) is 0 Å². The lowest BCUT2D eigenvalue weighted by Crippen LogP contribution is -2.47. The molecule has 0 bridgehead atoms. The second kappa shape index (κ2) is 9.42. The number of benzene rings is 2. The number of nitrogens with zero attached hydrogens (tertiary/aromatic N) is 1. The third-order valence-corrected chi connectivity index (χ3v) is 4.58. The second-order valence-electron chi connectivity index (χ2n) is 6.15. The molecule has 0 heterocycles. The molecule has 28 heavy (non-hydrogen) atoms. The highest BCUT2D eigenvalue weighted by molar-refractivity contribution is 5.84. The normalized spacial score (nSPS) is 12.3. The monoisotopic (exact) mass is 382 g/mol. The maximum atomic E-state index is 12.2. The largest absolute Gasteiger partial charge is 0.493 e. The summed E-state index contributed by atoms with van der Waals surface area (Å²) in [6, 6.07) is 15.4. The van der Waals surface area contributed by atoms with Crippen molar-refractivity contribution >= 4 is 11.9 Å². The highest BCUT2D eigenvalue weighted by Crippen LogP contribution is 2.29. The van der Waals surface area contributed by atoms with Crippen molar-refractivity contribution in [1.29, 1.82) is 5.26 Å². The Hall–Kier alpha value is -3.53. The van der Waals surface area contributed by atoms with Gasteiger partial charge in [-0.3, -0.25) is 9.59 Å². The van der Waals surface area contributed by atoms with E-state index in [0.29, 0.717) is 29.0 Å². The van der Waals surface area contributed by atoms with Crippen molar-refractivity contribution < 1.29 is 24.2 Å². The van der Waals surface area contributed by atoms with E-state index in [0.717, 1.165) is 0 Å². The fourth-order valence-corrected chi connectivity index (χ4v) is 2.84. The highest BCUT2D eigenvalue weighted by atomic mass is 16.5. The number of nitriles is 1. The summed E-state index contributed by atoms with van der Waals surface area (Å²) in [5, 5.41) is 21.4. The van der Waals surface area contributed by atoms with E-state index in [1.54, 1.807) is 43.3 Å². The Morgan fingerprint density at radius 1 is 1.18 bits per heavy atom. The predicted octanol–water partition coefficient (Wildman–Crippen LogP) is 2.49. The summed E-state index contributed by atoms with van der Waals surface area (Å²) in [6.07, 6.45) is 0.316. The van der Waals surface area contributed by atoms with Gasteiger partial charge in [-0.25, -0.2) is 0 Å². The number of hydrogen-bond donors (Lipinski definition) is 2. The number of ether oxygens (including phenoxy) is 2. The Morgan fingerprint density at radius 3 is 2.46 bits per heavy atom. The molecule has 2 aromatic carbocycles. The van der Waals surface area contributed by atoms with Gasteiger partial charge in [-0.05, 0) is 24.1 Å². The number of carboxylic acids is 1. The highest BCUT2D eigenvalue weighted by Gasteiger charge is 2.38. The molecule has 0 fully saturated rings. The minimum atomic E-state index is -1.22. The molecule has 0 saturated heterocycles. The van der Waals surface area contributed by atoms with Crippen LogP contribution in [0.5, 0.6) is 11.5 Å². The van der Waals surface area contributed by atoms with Crippen LogP contribution in [0.15, 0.2) is 48.5 Å². The summed E-state index contributed by atoms with van der Waals surface area (Å²) in [5.74, 6) is -0.804. The fourth-order valence-electron chi connectivity index (χ4n) is 2.84. The van der Waals surface area contributed by atoms with E-state index < -0.39 is 17.3 Å². The molecule has 2 rings (SSSR count). The summed E-state index contributed by atoms with van der Waals surface area (Å²) in [7, 11) is 1.44. The van der Waals surface area contributed by atoms with Gasteiger partial charge < -0.3 is 19.9 Å². The van der Waals surface area contributed by atoms with Crippen molar-refractivity contribution in [2.45, 2.75) is 18.8 Å². The van der Waals surface area contributed by atoms with E-state index in [9.17, 15) is 14.7 Å². The van der Waals surface area contributed by atoms with Gasteiger partial charge in [0.1, 0.15) is 5.41 Å². The average Bonchev–Trinajstić information content (AvgIpc) is 2.73. The summed E-state index contributed by atoms with van der Waals surface area (Å²) >= 11 is 0. The van der Waals surface area contributed by atoms with Crippen LogP contribution in [0.1, 0.15) is 24.5 Å². The van der Waals surface area contributed by atoms with Gasteiger partial charge >= 0.3 is 5.97 Å². The number of methoxy groups -OCH3 is 1. The molecule has 146 valence electrons. The van der Waals surface area contributed by atoms with Crippen molar-refractivity contribution in [3.63, 3.8) is 0 Å². The predicted molar refractivity (Wildman–Crippen MR) is 102 cm³/mol. The van der Waals surface area contributed by atoms with Crippen molar-refractivity contribution in [3.05, 3.63) is 59.7 Å². The van der Waals surface area contributed by atoms with Crippen molar-refractivity contribution in [2.75, 3.05) is 20.3 Å². The van der Waals surface area contributed by atoms with Gasteiger partial charge in [0.05, 0.1) is 18.7 Å². The summed E-state index contributed by atoms with van der Waals surface area (Å²) in [5.41, 5.74) is -0.186. The molecule has 1 atom stereocenters. The van der Waals surface area contributed by atoms with Crippen molar-refractivity contribution in [2.24, 2.45) is 0 Å². The van der Waals surface area contributed by atoms with E-state index in [2.05, 4.69) is 5.32 Å². The third kappa shape index (κ3) is 4.60. The molecular weight excluding hydrogens is 360 g/mol. The van der Waals surface area contributed by atoms with E-state index in [-0.39, 0.29) is 13.2 Å². The maximum absolute atomic E-state index is 12.2. The molecule has 0 aliphatic heterocycles. The minimum Gasteiger partial charge on any atom is -0.493 e. The zero-order valence-corrected chi connectivity index (χ0v) is 15.8. The average molecular weight is 382 g/mol. The Labute approximate surface area is 163 Å². The van der Waals surface area contributed by atoms with Crippen LogP contribution < -0.4 is 14.8 Å². The molecule has 7 nitrogen and oxygen atoms in total. The lowest BCUT2D eigenvalue weighted by molar-refractivity contribution is -0.144. The first-order valence-corrected chi connectivity index (χ1v) is 8.73. The van der Waals surface area contributed by atoms with Gasteiger partial charge in [-0.1, -0.05) is 37.3 Å². The molecular formula is C21H22N2O5. The molecule has 2 N–H and O–H groups in total. The number of hydrogen-bond acceptors (Lipinski definition) is 5. The van der Waals surface area contributed by atoms with Gasteiger partial charge in [-0.15, -0.1) is 0 Å². The first kappa shape index (κ1) is 20.8. The molecule has 0 radical (unpaired) electrons. The Bertz CT molecular complexity index is 876. The molecule has 0 aliphatic carbocycles. The van der Waals surface area contributed by atoms with E-state index in [4.69, 9.17) is 14.7 Å². The van der Waals surface area contributed by atoms with Crippen LogP contribution in [0.25, 0.3) is 0 Å². The lowest BCUT2D eigenvalue weighted by Gasteiger charge is -2.29. The van der Waals surface area contributed by atoms with Crippen LogP contribution in [-0.2, 0) is 15.0 Å². The van der Waals surface area contributed by atoms with E-state index in [1.165, 1.54) is 13.2 Å². The van der Waals surface area contributed by atoms with Gasteiger partial charge in [0.15, 0.2) is 18.1 Å². The number of carbonyl (C=O) groups excluding carboxylic acids is 1. The Balaban J connectivity index is 2.04. The number of amides is 1. The molecule has 0 aliphatic rings. The maximum Gasteiger partial charge on any atom is 0.315 e. The van der Waals surface area contributed by atoms with Crippen LogP contribution in [0, 0.1) is 11.3 Å². The van der Waals surface area contributed by atoms with Gasteiger partial charge in [0.25, 0.3) is 5.91 Å². The van der Waals surface area contributed by atoms with Crippen LogP contribution >= 0.6 is 0 Å². The fraction of sp³-hybridized carbons (Fsp3) is 0.286. The number of carboxylic acid groups (broad SMARTS) is 1. The SMILES string of the molecule is CCC(CNC(=O)COc1ccc(C#N)cc1OC)(C(=O)O)c1ccccc1. The zero-order chi connectivity index (χ0) is 20.6. The summed E-state index contributed by atoms with van der Waals surface area (Å²) < 4.78 is 10.6. The lowest BCUT2D eigenvalue weighted by atomic mass is 9.78. The van der Waals surface area contributed by atoms with Gasteiger partial charge in [-0.2, -0.15) is 5.26 Å². The van der Waals surface area contributed by atoms with Crippen LogP contribution in [0.4, 0.5) is 0 Å². The first-order chi connectivity index (χ1) is 13.5. The van der Waals surface area contributed by atoms with E-state index in [1.807, 2.05) is 12.1 Å². The molecule has 0 aromatic heterocycles. The summed E-state index contributed by atoms with van der Waals surface area (Å²) in [4.78, 5) is 24.2. The Kier molecular flexibility index (Phi) is 6.99. The van der Waals surface area contributed by atoms with Crippen LogP contribution in [-0.4, -0.2) is 37.2 Å². The first-order valence-electron chi connectivity index (χ1n) is 8.73. The Morgan fingerprint density at radius 2 is 1.89 bits per heavy atom. The quantitative estimate of drug-likeness (QED) is 0.690. The number of carbonyl (C=O) groups is 2. The molecule has 1 amide bonds. The molecule has 1 unspecified atom stereocenters. The molecule has 2 aromatic rings. The smallest absolute Gasteiger partial charge is 0.315 e.